The van der Waals surface area contributed by atoms with Crippen molar-refractivity contribution in [1.29, 1.82) is 0 Å². The van der Waals surface area contributed by atoms with Gasteiger partial charge in [-0.25, -0.2) is 0 Å². The molecular formula is C20H32N2O2. The average Bonchev–Trinajstić information content (AvgIpc) is 2.60. The van der Waals surface area contributed by atoms with Crippen molar-refractivity contribution in [2.75, 3.05) is 6.54 Å². The lowest BCUT2D eigenvalue weighted by Gasteiger charge is -2.14. The summed E-state index contributed by atoms with van der Waals surface area (Å²) in [5.41, 5.74) is 0.988. The summed E-state index contributed by atoms with van der Waals surface area (Å²) in [6.07, 6.45) is 9.74. The highest BCUT2D eigenvalue weighted by Crippen LogP contribution is 2.10. The van der Waals surface area contributed by atoms with Crippen molar-refractivity contribution in [3.8, 4) is 0 Å². The highest BCUT2D eigenvalue weighted by atomic mass is 16.2. The average molecular weight is 332 g/mol. The monoisotopic (exact) mass is 332 g/mol. The molecule has 0 unspecified atom stereocenters. The van der Waals surface area contributed by atoms with E-state index in [1.807, 2.05) is 37.3 Å². The van der Waals surface area contributed by atoms with E-state index in [1.165, 1.54) is 38.5 Å². The Balaban J connectivity index is 2.09. The molecule has 2 amide bonds. The molecule has 2 N–H and O–H groups in total. The van der Waals surface area contributed by atoms with Gasteiger partial charge in [0.1, 0.15) is 0 Å². The maximum atomic E-state index is 11.9. The Labute approximate surface area is 146 Å². The van der Waals surface area contributed by atoms with Gasteiger partial charge in [-0.05, 0) is 18.9 Å². The minimum absolute atomic E-state index is 0.174. The Morgan fingerprint density at radius 3 is 2.08 bits per heavy atom. The number of carbonyl (C=O) groups excluding carboxylic acids is 2. The van der Waals surface area contributed by atoms with Crippen molar-refractivity contribution >= 4 is 11.8 Å². The highest BCUT2D eigenvalue weighted by Gasteiger charge is 2.16. The summed E-state index contributed by atoms with van der Waals surface area (Å²) >= 11 is 0. The molecule has 0 spiro atoms. The van der Waals surface area contributed by atoms with Crippen LogP contribution in [0.5, 0.6) is 0 Å². The van der Waals surface area contributed by atoms with Crippen LogP contribution in [0, 0.1) is 0 Å². The molecule has 1 aromatic carbocycles. The van der Waals surface area contributed by atoms with Crippen LogP contribution in [0.3, 0.4) is 0 Å². The molecule has 0 aliphatic rings. The maximum absolute atomic E-state index is 11.9. The Kier molecular flexibility index (Phi) is 10.6. The predicted molar refractivity (Wildman–Crippen MR) is 98.6 cm³/mol. The molecule has 24 heavy (non-hydrogen) atoms. The summed E-state index contributed by atoms with van der Waals surface area (Å²) in [6, 6.07) is 9.45. The van der Waals surface area contributed by atoms with E-state index in [0.29, 0.717) is 6.54 Å². The van der Waals surface area contributed by atoms with Gasteiger partial charge in [0, 0.05) is 6.54 Å². The van der Waals surface area contributed by atoms with Crippen LogP contribution in [0.15, 0.2) is 30.3 Å². The summed E-state index contributed by atoms with van der Waals surface area (Å²) in [6.45, 7) is 4.67. The zero-order valence-corrected chi connectivity index (χ0v) is 15.1. The second-order valence-electron chi connectivity index (χ2n) is 6.34. The zero-order valence-electron chi connectivity index (χ0n) is 15.1. The van der Waals surface area contributed by atoms with Gasteiger partial charge in [0.25, 0.3) is 0 Å². The molecule has 0 aliphatic carbocycles. The van der Waals surface area contributed by atoms with E-state index in [1.54, 1.807) is 0 Å². The molecule has 0 saturated heterocycles. The SMILES string of the molecule is CCCCCCCCCCNC(=O)C(=O)N[C@@H](C)c1ccccc1. The number of hydrogen-bond acceptors (Lipinski definition) is 2. The van der Waals surface area contributed by atoms with Crippen molar-refractivity contribution in [2.24, 2.45) is 0 Å². The lowest BCUT2D eigenvalue weighted by atomic mass is 10.1. The molecule has 0 fully saturated rings. The zero-order chi connectivity index (χ0) is 17.6. The van der Waals surface area contributed by atoms with E-state index in [0.717, 1.165) is 18.4 Å². The van der Waals surface area contributed by atoms with Crippen molar-refractivity contribution in [2.45, 2.75) is 71.3 Å². The largest absolute Gasteiger partial charge is 0.348 e. The van der Waals surface area contributed by atoms with Gasteiger partial charge >= 0.3 is 11.8 Å². The minimum Gasteiger partial charge on any atom is -0.348 e. The van der Waals surface area contributed by atoms with Gasteiger partial charge < -0.3 is 10.6 Å². The third kappa shape index (κ3) is 8.70. The van der Waals surface area contributed by atoms with E-state index >= 15 is 0 Å². The van der Waals surface area contributed by atoms with Crippen LogP contribution in [0.2, 0.25) is 0 Å². The lowest BCUT2D eigenvalue weighted by Crippen LogP contribution is -2.41. The molecule has 1 aromatic rings. The standard InChI is InChI=1S/C20H32N2O2/c1-3-4-5-6-7-8-9-13-16-21-19(23)20(24)22-17(2)18-14-11-10-12-15-18/h10-12,14-15,17H,3-9,13,16H2,1-2H3,(H,21,23)(H,22,24)/t17-/m0/s1. The summed E-state index contributed by atoms with van der Waals surface area (Å²) in [5, 5.41) is 5.43. The summed E-state index contributed by atoms with van der Waals surface area (Å²) in [7, 11) is 0. The third-order valence-electron chi connectivity index (χ3n) is 4.17. The molecule has 1 atom stereocenters. The highest BCUT2D eigenvalue weighted by molar-refractivity contribution is 6.35. The molecule has 0 saturated carbocycles. The van der Waals surface area contributed by atoms with Crippen molar-refractivity contribution in [3.63, 3.8) is 0 Å². The van der Waals surface area contributed by atoms with Crippen molar-refractivity contribution in [3.05, 3.63) is 35.9 Å². The first-order chi connectivity index (χ1) is 11.6. The molecule has 0 heterocycles. The fraction of sp³-hybridized carbons (Fsp3) is 0.600. The fourth-order valence-corrected chi connectivity index (χ4v) is 2.63. The van der Waals surface area contributed by atoms with Gasteiger partial charge in [-0.1, -0.05) is 82.2 Å². The molecule has 134 valence electrons. The van der Waals surface area contributed by atoms with Crippen LogP contribution in [0.4, 0.5) is 0 Å². The van der Waals surface area contributed by atoms with Crippen LogP contribution >= 0.6 is 0 Å². The number of nitrogens with one attached hydrogen (secondary N) is 2. The van der Waals surface area contributed by atoms with Crippen LogP contribution in [0.25, 0.3) is 0 Å². The Hall–Kier alpha value is -1.84. The van der Waals surface area contributed by atoms with Crippen molar-refractivity contribution < 1.29 is 9.59 Å². The van der Waals surface area contributed by atoms with Crippen molar-refractivity contribution in [1.82, 2.24) is 10.6 Å². The number of amides is 2. The normalized spacial score (nSPS) is 11.8. The van der Waals surface area contributed by atoms with Gasteiger partial charge in [-0.2, -0.15) is 0 Å². The van der Waals surface area contributed by atoms with Crippen LogP contribution in [-0.4, -0.2) is 18.4 Å². The molecule has 0 aliphatic heterocycles. The van der Waals surface area contributed by atoms with E-state index in [2.05, 4.69) is 17.6 Å². The molecule has 0 radical (unpaired) electrons. The van der Waals surface area contributed by atoms with Gasteiger partial charge in [-0.3, -0.25) is 9.59 Å². The minimum atomic E-state index is -0.564. The predicted octanol–water partition coefficient (Wildman–Crippen LogP) is 4.12. The Morgan fingerprint density at radius 2 is 1.46 bits per heavy atom. The second-order valence-corrected chi connectivity index (χ2v) is 6.34. The van der Waals surface area contributed by atoms with Gasteiger partial charge in [-0.15, -0.1) is 0 Å². The number of benzene rings is 1. The van der Waals surface area contributed by atoms with Crippen LogP contribution in [-0.2, 0) is 9.59 Å². The Morgan fingerprint density at radius 1 is 0.875 bits per heavy atom. The number of rotatable bonds is 11. The van der Waals surface area contributed by atoms with Gasteiger partial charge in [0.15, 0.2) is 0 Å². The van der Waals surface area contributed by atoms with E-state index in [4.69, 9.17) is 0 Å². The van der Waals surface area contributed by atoms with Crippen LogP contribution in [0.1, 0.15) is 76.8 Å². The van der Waals surface area contributed by atoms with E-state index in [-0.39, 0.29) is 6.04 Å². The first-order valence-corrected chi connectivity index (χ1v) is 9.28. The molecule has 0 aromatic heterocycles. The van der Waals surface area contributed by atoms with E-state index in [9.17, 15) is 9.59 Å². The Bertz CT molecular complexity index is 474. The van der Waals surface area contributed by atoms with E-state index < -0.39 is 11.8 Å². The first kappa shape index (κ1) is 20.2. The number of hydrogen-bond donors (Lipinski definition) is 2. The first-order valence-electron chi connectivity index (χ1n) is 9.28. The third-order valence-corrected chi connectivity index (χ3v) is 4.17. The molecular weight excluding hydrogens is 300 g/mol. The summed E-state index contributed by atoms with van der Waals surface area (Å²) < 4.78 is 0. The lowest BCUT2D eigenvalue weighted by molar-refractivity contribution is -0.139. The summed E-state index contributed by atoms with van der Waals surface area (Å²) in [4.78, 5) is 23.7. The van der Waals surface area contributed by atoms with Crippen LogP contribution < -0.4 is 10.6 Å². The fourth-order valence-electron chi connectivity index (χ4n) is 2.63. The number of carbonyl (C=O) groups is 2. The topological polar surface area (TPSA) is 58.2 Å². The van der Waals surface area contributed by atoms with Gasteiger partial charge in [0.05, 0.1) is 6.04 Å². The molecule has 4 heteroatoms. The molecule has 4 nitrogen and oxygen atoms in total. The maximum Gasteiger partial charge on any atom is 0.309 e. The molecule has 1 rings (SSSR count). The number of unbranched alkanes of at least 4 members (excludes halogenated alkanes) is 7. The quantitative estimate of drug-likeness (QED) is 0.473. The summed E-state index contributed by atoms with van der Waals surface area (Å²) in [5.74, 6) is -1.10. The second kappa shape index (κ2) is 12.6. The van der Waals surface area contributed by atoms with Gasteiger partial charge in [0.2, 0.25) is 0 Å². The smallest absolute Gasteiger partial charge is 0.309 e. The molecule has 0 bridgehead atoms.